The Balaban J connectivity index is 2.02. The Labute approximate surface area is 137 Å². The molecule has 1 saturated heterocycles. The average molecular weight is 320 g/mol. The zero-order valence-electron chi connectivity index (χ0n) is 14.1. The standard InChI is InChI=1S/C18H25FN2O2/c1-4-14(5-2)18(23)21-10-8-20(9-11-21)17-7-6-15(13(3)22)12-16(17)19/h6-7,12,14H,4-5,8-11H2,1-3H3. The number of hydrogen-bond acceptors (Lipinski definition) is 3. The summed E-state index contributed by atoms with van der Waals surface area (Å²) in [6.07, 6.45) is 1.72. The molecule has 1 aliphatic rings. The Bertz CT molecular complexity index is 576. The predicted molar refractivity (Wildman–Crippen MR) is 89.3 cm³/mol. The molecule has 0 aromatic heterocycles. The summed E-state index contributed by atoms with van der Waals surface area (Å²) in [5, 5.41) is 0. The average Bonchev–Trinajstić information content (AvgIpc) is 2.56. The maximum atomic E-state index is 14.2. The molecule has 126 valence electrons. The first kappa shape index (κ1) is 17.4. The van der Waals surface area contributed by atoms with Crippen molar-refractivity contribution < 1.29 is 14.0 Å². The second-order valence-electron chi connectivity index (χ2n) is 6.05. The summed E-state index contributed by atoms with van der Waals surface area (Å²) in [7, 11) is 0. The second kappa shape index (κ2) is 7.57. The first-order valence-corrected chi connectivity index (χ1v) is 8.32. The Morgan fingerprint density at radius 2 is 1.74 bits per heavy atom. The summed E-state index contributed by atoms with van der Waals surface area (Å²) in [6, 6.07) is 4.60. The lowest BCUT2D eigenvalue weighted by Gasteiger charge is -2.37. The SMILES string of the molecule is CCC(CC)C(=O)N1CCN(c2ccc(C(C)=O)cc2F)CC1. The monoisotopic (exact) mass is 320 g/mol. The summed E-state index contributed by atoms with van der Waals surface area (Å²) < 4.78 is 14.2. The van der Waals surface area contributed by atoms with Crippen LogP contribution in [0.15, 0.2) is 18.2 Å². The molecule has 1 aromatic rings. The number of anilines is 1. The van der Waals surface area contributed by atoms with Gasteiger partial charge in [-0.05, 0) is 38.0 Å². The summed E-state index contributed by atoms with van der Waals surface area (Å²) in [5.41, 5.74) is 0.887. The van der Waals surface area contributed by atoms with Crippen LogP contribution in [0.4, 0.5) is 10.1 Å². The molecule has 1 aliphatic heterocycles. The van der Waals surface area contributed by atoms with E-state index in [-0.39, 0.29) is 23.4 Å². The number of hydrogen-bond donors (Lipinski definition) is 0. The number of nitrogens with zero attached hydrogens (tertiary/aromatic N) is 2. The zero-order chi connectivity index (χ0) is 17.0. The van der Waals surface area contributed by atoms with Gasteiger partial charge in [0.15, 0.2) is 5.78 Å². The molecule has 4 nitrogen and oxygen atoms in total. The molecular weight excluding hydrogens is 295 g/mol. The number of rotatable bonds is 5. The van der Waals surface area contributed by atoms with Crippen molar-refractivity contribution in [3.8, 4) is 0 Å². The van der Waals surface area contributed by atoms with Crippen LogP contribution in [0.1, 0.15) is 44.0 Å². The van der Waals surface area contributed by atoms with Crippen molar-refractivity contribution in [2.45, 2.75) is 33.6 Å². The van der Waals surface area contributed by atoms with Crippen molar-refractivity contribution in [2.75, 3.05) is 31.1 Å². The van der Waals surface area contributed by atoms with E-state index in [9.17, 15) is 14.0 Å². The zero-order valence-corrected chi connectivity index (χ0v) is 14.1. The maximum Gasteiger partial charge on any atom is 0.225 e. The maximum absolute atomic E-state index is 14.2. The number of amides is 1. The van der Waals surface area contributed by atoms with Crippen molar-refractivity contribution in [3.05, 3.63) is 29.6 Å². The quantitative estimate of drug-likeness (QED) is 0.783. The highest BCUT2D eigenvalue weighted by Gasteiger charge is 2.26. The molecule has 23 heavy (non-hydrogen) atoms. The van der Waals surface area contributed by atoms with Crippen LogP contribution in [0.5, 0.6) is 0 Å². The lowest BCUT2D eigenvalue weighted by Crippen LogP contribution is -2.50. The van der Waals surface area contributed by atoms with Crippen LogP contribution in [0.2, 0.25) is 0 Å². The van der Waals surface area contributed by atoms with Crippen molar-refractivity contribution in [3.63, 3.8) is 0 Å². The fourth-order valence-corrected chi connectivity index (χ4v) is 3.05. The Hall–Kier alpha value is -1.91. The van der Waals surface area contributed by atoms with Gasteiger partial charge in [-0.1, -0.05) is 13.8 Å². The second-order valence-corrected chi connectivity index (χ2v) is 6.05. The van der Waals surface area contributed by atoms with E-state index >= 15 is 0 Å². The summed E-state index contributed by atoms with van der Waals surface area (Å²) in [4.78, 5) is 27.5. The smallest absolute Gasteiger partial charge is 0.225 e. The van der Waals surface area contributed by atoms with Crippen LogP contribution < -0.4 is 4.90 Å². The minimum absolute atomic E-state index is 0.0909. The van der Waals surface area contributed by atoms with Gasteiger partial charge in [-0.15, -0.1) is 0 Å². The summed E-state index contributed by atoms with van der Waals surface area (Å²) in [5.74, 6) is -0.219. The van der Waals surface area contributed by atoms with Gasteiger partial charge >= 0.3 is 0 Å². The molecule has 0 spiro atoms. The van der Waals surface area contributed by atoms with Crippen molar-refractivity contribution in [1.82, 2.24) is 4.90 Å². The molecule has 1 fully saturated rings. The van der Waals surface area contributed by atoms with Crippen LogP contribution in [-0.2, 0) is 4.79 Å². The molecule has 0 N–H and O–H groups in total. The topological polar surface area (TPSA) is 40.6 Å². The molecule has 1 heterocycles. The fraction of sp³-hybridized carbons (Fsp3) is 0.556. The Morgan fingerprint density at radius 3 is 2.22 bits per heavy atom. The van der Waals surface area contributed by atoms with Gasteiger partial charge in [0.25, 0.3) is 0 Å². The van der Waals surface area contributed by atoms with E-state index in [0.29, 0.717) is 37.4 Å². The minimum Gasteiger partial charge on any atom is -0.366 e. The minimum atomic E-state index is -0.377. The molecule has 0 unspecified atom stereocenters. The van der Waals surface area contributed by atoms with Crippen LogP contribution in [0, 0.1) is 11.7 Å². The van der Waals surface area contributed by atoms with Crippen molar-refractivity contribution in [2.24, 2.45) is 5.92 Å². The van der Waals surface area contributed by atoms with E-state index in [4.69, 9.17) is 0 Å². The van der Waals surface area contributed by atoms with E-state index in [1.54, 1.807) is 12.1 Å². The number of halogens is 1. The molecule has 0 aliphatic carbocycles. The molecule has 5 heteroatoms. The number of carbonyl (C=O) groups excluding carboxylic acids is 2. The molecule has 1 amide bonds. The Kier molecular flexibility index (Phi) is 5.74. The van der Waals surface area contributed by atoms with E-state index in [0.717, 1.165) is 12.8 Å². The van der Waals surface area contributed by atoms with Gasteiger partial charge in [0.05, 0.1) is 5.69 Å². The van der Waals surface area contributed by atoms with Gasteiger partial charge in [-0.2, -0.15) is 0 Å². The van der Waals surface area contributed by atoms with Crippen LogP contribution in [0.25, 0.3) is 0 Å². The molecule has 0 bridgehead atoms. The normalized spacial score (nSPS) is 15.2. The third-order valence-corrected chi connectivity index (χ3v) is 4.62. The molecule has 1 aromatic carbocycles. The van der Waals surface area contributed by atoms with Crippen molar-refractivity contribution in [1.29, 1.82) is 0 Å². The van der Waals surface area contributed by atoms with Gasteiger partial charge in [0, 0.05) is 37.7 Å². The van der Waals surface area contributed by atoms with Crippen LogP contribution in [-0.4, -0.2) is 42.8 Å². The van der Waals surface area contributed by atoms with Crippen molar-refractivity contribution >= 4 is 17.4 Å². The lowest BCUT2D eigenvalue weighted by molar-refractivity contribution is -0.136. The summed E-state index contributed by atoms with van der Waals surface area (Å²) >= 11 is 0. The van der Waals surface area contributed by atoms with Gasteiger partial charge in [0.2, 0.25) is 5.91 Å². The summed E-state index contributed by atoms with van der Waals surface area (Å²) in [6.45, 7) is 7.95. The molecular formula is C18H25FN2O2. The highest BCUT2D eigenvalue weighted by atomic mass is 19.1. The highest BCUT2D eigenvalue weighted by Crippen LogP contribution is 2.23. The number of benzene rings is 1. The van der Waals surface area contributed by atoms with E-state index in [1.807, 2.05) is 23.6 Å². The number of piperazine rings is 1. The lowest BCUT2D eigenvalue weighted by atomic mass is 10.0. The first-order chi connectivity index (χ1) is 11.0. The van der Waals surface area contributed by atoms with Crippen LogP contribution >= 0.6 is 0 Å². The van der Waals surface area contributed by atoms with Gasteiger partial charge in [-0.3, -0.25) is 9.59 Å². The largest absolute Gasteiger partial charge is 0.366 e. The highest BCUT2D eigenvalue weighted by molar-refractivity contribution is 5.94. The number of carbonyl (C=O) groups is 2. The predicted octanol–water partition coefficient (Wildman–Crippen LogP) is 3.11. The van der Waals surface area contributed by atoms with Gasteiger partial charge < -0.3 is 9.80 Å². The number of ketones is 1. The van der Waals surface area contributed by atoms with Crippen LogP contribution in [0.3, 0.4) is 0 Å². The molecule has 2 rings (SSSR count). The molecule has 0 saturated carbocycles. The number of Topliss-reactive ketones (excluding diaryl/α,β-unsaturated/α-hetero) is 1. The molecule has 0 atom stereocenters. The molecule has 0 radical (unpaired) electrons. The fourth-order valence-electron chi connectivity index (χ4n) is 3.05. The van der Waals surface area contributed by atoms with E-state index in [1.165, 1.54) is 13.0 Å². The Morgan fingerprint density at radius 1 is 1.13 bits per heavy atom. The first-order valence-electron chi connectivity index (χ1n) is 8.32. The van der Waals surface area contributed by atoms with Gasteiger partial charge in [0.1, 0.15) is 5.82 Å². The third-order valence-electron chi connectivity index (χ3n) is 4.62. The van der Waals surface area contributed by atoms with E-state index < -0.39 is 0 Å². The van der Waals surface area contributed by atoms with Gasteiger partial charge in [-0.25, -0.2) is 4.39 Å². The van der Waals surface area contributed by atoms with E-state index in [2.05, 4.69) is 0 Å². The third kappa shape index (κ3) is 3.89.